The van der Waals surface area contributed by atoms with Crippen LogP contribution in [0.15, 0.2) is 24.3 Å². The van der Waals surface area contributed by atoms with Gasteiger partial charge in [0, 0.05) is 42.7 Å². The van der Waals surface area contributed by atoms with Crippen molar-refractivity contribution in [2.24, 2.45) is 0 Å². The molecule has 20 heavy (non-hydrogen) atoms. The number of nitrogens with zero attached hydrogens (tertiary/aromatic N) is 1. The maximum absolute atomic E-state index is 3.49. The molecule has 0 aliphatic carbocycles. The van der Waals surface area contributed by atoms with Gasteiger partial charge in [-0.05, 0) is 11.1 Å². The van der Waals surface area contributed by atoms with Crippen LogP contribution in [0.2, 0.25) is 0 Å². The van der Waals surface area contributed by atoms with E-state index in [1.54, 1.807) is 0 Å². The van der Waals surface area contributed by atoms with Crippen molar-refractivity contribution in [2.45, 2.75) is 57.3 Å². The predicted octanol–water partition coefficient (Wildman–Crippen LogP) is 3.51. The lowest BCUT2D eigenvalue weighted by Gasteiger charge is -2.34. The lowest BCUT2D eigenvalue weighted by molar-refractivity contribution is 0.263. The van der Waals surface area contributed by atoms with E-state index in [1.807, 2.05) is 0 Å². The normalized spacial score (nSPS) is 24.2. The van der Waals surface area contributed by atoms with Crippen LogP contribution in [-0.4, -0.2) is 34.5 Å². The van der Waals surface area contributed by atoms with E-state index >= 15 is 0 Å². The van der Waals surface area contributed by atoms with E-state index < -0.39 is 0 Å². The van der Waals surface area contributed by atoms with E-state index in [9.17, 15) is 0 Å². The molecule has 1 heterocycles. The molecule has 0 radical (unpaired) electrons. The fourth-order valence-corrected chi connectivity index (χ4v) is 4.22. The Labute approximate surface area is 128 Å². The molecule has 1 fully saturated rings. The molecule has 112 valence electrons. The average molecular weight is 292 g/mol. The van der Waals surface area contributed by atoms with Crippen LogP contribution in [0, 0.1) is 0 Å². The standard InChI is InChI=1S/C17H28N2S/c1-13(2)18-9-16-6-5-7-17(8-16)12-19-10-14(3)20-15(4)11-19/h5-8,13-15,18H,9-12H2,1-4H3. The molecule has 0 aromatic heterocycles. The fraction of sp³-hybridized carbons (Fsp3) is 0.647. The summed E-state index contributed by atoms with van der Waals surface area (Å²) >= 11 is 2.12. The summed E-state index contributed by atoms with van der Waals surface area (Å²) in [4.78, 5) is 2.60. The minimum atomic E-state index is 0.541. The first kappa shape index (κ1) is 15.9. The number of hydrogen-bond acceptors (Lipinski definition) is 3. The molecular weight excluding hydrogens is 264 g/mol. The van der Waals surface area contributed by atoms with Crippen molar-refractivity contribution in [2.75, 3.05) is 13.1 Å². The second-order valence-corrected chi connectivity index (χ2v) is 8.19. The molecule has 1 aromatic rings. The summed E-state index contributed by atoms with van der Waals surface area (Å²) in [5.74, 6) is 0. The van der Waals surface area contributed by atoms with E-state index in [-0.39, 0.29) is 0 Å². The highest BCUT2D eigenvalue weighted by molar-refractivity contribution is 8.00. The molecule has 1 aromatic carbocycles. The SMILES string of the molecule is CC(C)NCc1cccc(CN2CC(C)SC(C)C2)c1. The summed E-state index contributed by atoms with van der Waals surface area (Å²) in [7, 11) is 0. The predicted molar refractivity (Wildman–Crippen MR) is 90.2 cm³/mol. The minimum Gasteiger partial charge on any atom is -0.310 e. The maximum Gasteiger partial charge on any atom is 0.0234 e. The van der Waals surface area contributed by atoms with Crippen LogP contribution in [0.4, 0.5) is 0 Å². The zero-order chi connectivity index (χ0) is 14.5. The lowest BCUT2D eigenvalue weighted by Crippen LogP contribution is -2.39. The Bertz CT molecular complexity index is 409. The van der Waals surface area contributed by atoms with Gasteiger partial charge in [0.05, 0.1) is 0 Å². The summed E-state index contributed by atoms with van der Waals surface area (Å²) in [6, 6.07) is 9.57. The quantitative estimate of drug-likeness (QED) is 0.894. The smallest absolute Gasteiger partial charge is 0.0234 e. The van der Waals surface area contributed by atoms with Crippen LogP contribution in [-0.2, 0) is 13.1 Å². The minimum absolute atomic E-state index is 0.541. The van der Waals surface area contributed by atoms with Crippen molar-refractivity contribution in [3.63, 3.8) is 0 Å². The molecule has 1 saturated heterocycles. The van der Waals surface area contributed by atoms with Gasteiger partial charge in [-0.25, -0.2) is 0 Å². The first-order valence-corrected chi connectivity index (χ1v) is 8.66. The van der Waals surface area contributed by atoms with Gasteiger partial charge >= 0.3 is 0 Å². The van der Waals surface area contributed by atoms with Crippen LogP contribution < -0.4 is 5.32 Å². The summed E-state index contributed by atoms with van der Waals surface area (Å²) in [5, 5.41) is 5.00. The summed E-state index contributed by atoms with van der Waals surface area (Å²) in [6.45, 7) is 13.6. The largest absolute Gasteiger partial charge is 0.310 e. The molecule has 0 bridgehead atoms. The molecule has 1 aliphatic rings. The molecule has 2 atom stereocenters. The lowest BCUT2D eigenvalue weighted by atomic mass is 10.1. The van der Waals surface area contributed by atoms with Gasteiger partial charge in [-0.2, -0.15) is 11.8 Å². The van der Waals surface area contributed by atoms with Crippen molar-refractivity contribution in [3.8, 4) is 0 Å². The molecule has 0 amide bonds. The summed E-state index contributed by atoms with van der Waals surface area (Å²) in [5.41, 5.74) is 2.84. The Kier molecular flexibility index (Phi) is 5.94. The molecule has 3 heteroatoms. The van der Waals surface area contributed by atoms with Crippen LogP contribution in [0.5, 0.6) is 0 Å². The third-order valence-corrected chi connectivity index (χ3v) is 4.83. The highest BCUT2D eigenvalue weighted by Crippen LogP contribution is 2.25. The van der Waals surface area contributed by atoms with Gasteiger partial charge in [-0.3, -0.25) is 4.90 Å². The van der Waals surface area contributed by atoms with Crippen molar-refractivity contribution in [1.82, 2.24) is 10.2 Å². The van der Waals surface area contributed by atoms with E-state index in [0.717, 1.165) is 23.6 Å². The van der Waals surface area contributed by atoms with Crippen molar-refractivity contribution >= 4 is 11.8 Å². The van der Waals surface area contributed by atoms with Gasteiger partial charge in [0.1, 0.15) is 0 Å². The topological polar surface area (TPSA) is 15.3 Å². The molecular formula is C17H28N2S. The highest BCUT2D eigenvalue weighted by atomic mass is 32.2. The number of benzene rings is 1. The van der Waals surface area contributed by atoms with Gasteiger partial charge in [0.2, 0.25) is 0 Å². The number of rotatable bonds is 5. The van der Waals surface area contributed by atoms with Gasteiger partial charge in [-0.15, -0.1) is 0 Å². The third kappa shape index (κ3) is 5.12. The number of hydrogen-bond donors (Lipinski definition) is 1. The van der Waals surface area contributed by atoms with Gasteiger partial charge in [-0.1, -0.05) is 52.0 Å². The Morgan fingerprint density at radius 1 is 1.20 bits per heavy atom. The van der Waals surface area contributed by atoms with Gasteiger partial charge in [0.15, 0.2) is 0 Å². The maximum atomic E-state index is 3.49. The Hall–Kier alpha value is -0.510. The molecule has 1 aliphatic heterocycles. The number of thioether (sulfide) groups is 1. The second-order valence-electron chi connectivity index (χ2n) is 6.31. The van der Waals surface area contributed by atoms with Crippen molar-refractivity contribution in [1.29, 1.82) is 0 Å². The Morgan fingerprint density at radius 3 is 2.50 bits per heavy atom. The van der Waals surface area contributed by atoms with Crippen LogP contribution >= 0.6 is 11.8 Å². The monoisotopic (exact) mass is 292 g/mol. The fourth-order valence-electron chi connectivity index (χ4n) is 2.83. The molecule has 1 N–H and O–H groups in total. The van der Waals surface area contributed by atoms with Crippen LogP contribution in [0.1, 0.15) is 38.8 Å². The van der Waals surface area contributed by atoms with Crippen molar-refractivity contribution in [3.05, 3.63) is 35.4 Å². The molecule has 0 spiro atoms. The van der Waals surface area contributed by atoms with E-state index in [0.29, 0.717) is 6.04 Å². The summed E-state index contributed by atoms with van der Waals surface area (Å²) < 4.78 is 0. The van der Waals surface area contributed by atoms with E-state index in [1.165, 1.54) is 24.2 Å². The Balaban J connectivity index is 1.93. The van der Waals surface area contributed by atoms with Crippen molar-refractivity contribution < 1.29 is 0 Å². The molecule has 0 saturated carbocycles. The van der Waals surface area contributed by atoms with E-state index in [4.69, 9.17) is 0 Å². The highest BCUT2D eigenvalue weighted by Gasteiger charge is 2.22. The van der Waals surface area contributed by atoms with Crippen LogP contribution in [0.3, 0.4) is 0 Å². The zero-order valence-electron chi connectivity index (χ0n) is 13.2. The van der Waals surface area contributed by atoms with Gasteiger partial charge in [0.25, 0.3) is 0 Å². The third-order valence-electron chi connectivity index (χ3n) is 3.61. The molecule has 2 nitrogen and oxygen atoms in total. The first-order chi connectivity index (χ1) is 9.52. The zero-order valence-corrected chi connectivity index (χ0v) is 14.0. The van der Waals surface area contributed by atoms with E-state index in [2.05, 4.69) is 73.9 Å². The average Bonchev–Trinajstić information content (AvgIpc) is 2.35. The first-order valence-electron chi connectivity index (χ1n) is 7.72. The Morgan fingerprint density at radius 2 is 1.85 bits per heavy atom. The van der Waals surface area contributed by atoms with Gasteiger partial charge < -0.3 is 5.32 Å². The summed E-state index contributed by atoms with van der Waals surface area (Å²) in [6.07, 6.45) is 0. The molecule has 2 unspecified atom stereocenters. The molecule has 2 rings (SSSR count). The second kappa shape index (κ2) is 7.48. The number of nitrogens with one attached hydrogen (secondary N) is 1. The van der Waals surface area contributed by atoms with Crippen LogP contribution in [0.25, 0.3) is 0 Å².